The number of sulfonamides is 1. The van der Waals surface area contributed by atoms with Gasteiger partial charge < -0.3 is 10.6 Å². The number of pyridine rings is 1. The maximum atomic E-state index is 12.4. The first-order chi connectivity index (χ1) is 13.3. The van der Waals surface area contributed by atoms with Crippen LogP contribution >= 0.6 is 11.6 Å². The number of hydrogen-bond acceptors (Lipinski definition) is 5. The molecule has 9 heteroatoms. The van der Waals surface area contributed by atoms with Gasteiger partial charge in [-0.05, 0) is 42.8 Å². The smallest absolute Gasteiger partial charge is 0.238 e. The summed E-state index contributed by atoms with van der Waals surface area (Å²) >= 11 is 6.09. The Hall–Kier alpha value is -2.68. The van der Waals surface area contributed by atoms with Gasteiger partial charge in [-0.2, -0.15) is 0 Å². The summed E-state index contributed by atoms with van der Waals surface area (Å²) < 4.78 is 24.1. The predicted octanol–water partition coefficient (Wildman–Crippen LogP) is 3.15. The van der Waals surface area contributed by atoms with Crippen molar-refractivity contribution < 1.29 is 13.2 Å². The maximum absolute atomic E-state index is 12.4. The fourth-order valence-corrected chi connectivity index (χ4v) is 3.78. The van der Waals surface area contributed by atoms with Crippen LogP contribution in [0.2, 0.25) is 5.02 Å². The van der Waals surface area contributed by atoms with Gasteiger partial charge in [0.05, 0.1) is 16.8 Å². The van der Waals surface area contributed by atoms with Crippen molar-refractivity contribution >= 4 is 49.9 Å². The third kappa shape index (κ3) is 4.59. The first-order valence-corrected chi connectivity index (χ1v) is 10.4. The number of amides is 1. The molecule has 7 nitrogen and oxygen atoms in total. The number of carbonyl (C=O) groups is 1. The lowest BCUT2D eigenvalue weighted by Gasteiger charge is -2.12. The highest BCUT2D eigenvalue weighted by molar-refractivity contribution is 7.89. The quantitative estimate of drug-likeness (QED) is 0.568. The molecule has 146 valence electrons. The van der Waals surface area contributed by atoms with E-state index in [1.54, 1.807) is 42.5 Å². The topological polar surface area (TPSA) is 114 Å². The molecule has 0 bridgehead atoms. The molecule has 3 aromatic rings. The molecule has 0 radical (unpaired) electrons. The number of anilines is 2. The van der Waals surface area contributed by atoms with Gasteiger partial charge in [-0.15, -0.1) is 0 Å². The number of halogens is 1. The van der Waals surface area contributed by atoms with Crippen molar-refractivity contribution in [3.05, 3.63) is 59.1 Å². The third-order valence-electron chi connectivity index (χ3n) is 4.03. The lowest BCUT2D eigenvalue weighted by molar-refractivity contribution is -0.115. The zero-order valence-electron chi connectivity index (χ0n) is 15.1. The molecule has 1 aromatic heterocycles. The first kappa shape index (κ1) is 20.1. The van der Waals surface area contributed by atoms with E-state index in [2.05, 4.69) is 15.6 Å². The lowest BCUT2D eigenvalue weighted by Crippen LogP contribution is -2.17. The van der Waals surface area contributed by atoms with E-state index in [1.807, 2.05) is 6.92 Å². The number of fused-ring (bicyclic) bond motifs is 1. The number of rotatable bonds is 6. The zero-order valence-corrected chi connectivity index (χ0v) is 16.6. The fourth-order valence-electron chi connectivity index (χ4n) is 2.81. The summed E-state index contributed by atoms with van der Waals surface area (Å²) in [5.41, 5.74) is 1.36. The van der Waals surface area contributed by atoms with Crippen LogP contribution in [0.15, 0.2) is 53.4 Å². The minimum Gasteiger partial charge on any atom is -0.370 e. The number of nitrogens with two attached hydrogens (primary N) is 1. The predicted molar refractivity (Wildman–Crippen MR) is 111 cm³/mol. The van der Waals surface area contributed by atoms with Gasteiger partial charge in [-0.25, -0.2) is 18.5 Å². The van der Waals surface area contributed by atoms with E-state index in [0.29, 0.717) is 33.9 Å². The highest BCUT2D eigenvalue weighted by Crippen LogP contribution is 2.27. The highest BCUT2D eigenvalue weighted by Gasteiger charge is 2.17. The molecule has 0 saturated heterocycles. The Bertz CT molecular complexity index is 1150. The van der Waals surface area contributed by atoms with Gasteiger partial charge in [-0.1, -0.05) is 29.8 Å². The summed E-state index contributed by atoms with van der Waals surface area (Å²) in [5.74, 6) is 0.255. The molecule has 0 aliphatic heterocycles. The first-order valence-electron chi connectivity index (χ1n) is 8.52. The second kappa shape index (κ2) is 8.14. The number of benzene rings is 2. The van der Waals surface area contributed by atoms with Crippen LogP contribution in [0, 0.1) is 0 Å². The molecule has 2 aromatic carbocycles. The fraction of sp³-hybridized carbons (Fsp3) is 0.158. The summed E-state index contributed by atoms with van der Waals surface area (Å²) in [4.78, 5) is 16.7. The second-order valence-electron chi connectivity index (χ2n) is 6.13. The van der Waals surface area contributed by atoms with Crippen molar-refractivity contribution in [3.63, 3.8) is 0 Å². The van der Waals surface area contributed by atoms with Crippen LogP contribution in [0.5, 0.6) is 0 Å². The van der Waals surface area contributed by atoms with Gasteiger partial charge >= 0.3 is 0 Å². The molecule has 0 atom stereocenters. The second-order valence-corrected chi connectivity index (χ2v) is 8.07. The normalized spacial score (nSPS) is 11.4. The Morgan fingerprint density at radius 3 is 2.61 bits per heavy atom. The summed E-state index contributed by atoms with van der Waals surface area (Å²) in [6.07, 6.45) is 0.0489. The molecule has 0 aliphatic rings. The number of nitrogens with one attached hydrogen (secondary N) is 2. The van der Waals surface area contributed by atoms with Crippen molar-refractivity contribution in [2.24, 2.45) is 5.14 Å². The Kier molecular flexibility index (Phi) is 5.83. The Morgan fingerprint density at radius 1 is 1.18 bits per heavy atom. The molecule has 0 spiro atoms. The summed E-state index contributed by atoms with van der Waals surface area (Å²) in [7, 11) is -4.01. The molecule has 28 heavy (non-hydrogen) atoms. The largest absolute Gasteiger partial charge is 0.370 e. The number of aromatic nitrogens is 1. The summed E-state index contributed by atoms with van der Waals surface area (Å²) in [6.45, 7) is 2.59. The molecule has 1 heterocycles. The van der Waals surface area contributed by atoms with Crippen LogP contribution in [0.1, 0.15) is 12.5 Å². The van der Waals surface area contributed by atoms with E-state index >= 15 is 0 Å². The molecule has 1 amide bonds. The number of carbonyl (C=O) groups excluding carboxylic acids is 1. The molecule has 0 unspecified atom stereocenters. The van der Waals surface area contributed by atoms with Crippen molar-refractivity contribution in [3.8, 4) is 0 Å². The van der Waals surface area contributed by atoms with E-state index in [-0.39, 0.29) is 22.9 Å². The molecule has 0 fully saturated rings. The third-order valence-corrected chi connectivity index (χ3v) is 5.35. The van der Waals surface area contributed by atoms with Gasteiger partial charge in [-0.3, -0.25) is 4.79 Å². The Labute approximate surface area is 168 Å². The number of nitrogens with zero attached hydrogens (tertiary/aromatic N) is 1. The van der Waals surface area contributed by atoms with Gasteiger partial charge in [0.2, 0.25) is 15.9 Å². The van der Waals surface area contributed by atoms with Crippen molar-refractivity contribution in [1.82, 2.24) is 4.98 Å². The maximum Gasteiger partial charge on any atom is 0.238 e. The van der Waals surface area contributed by atoms with Crippen molar-refractivity contribution in [1.29, 1.82) is 0 Å². The molecular formula is C19H19ClN4O3S. The molecular weight excluding hydrogens is 400 g/mol. The van der Waals surface area contributed by atoms with Crippen molar-refractivity contribution in [2.75, 3.05) is 17.2 Å². The van der Waals surface area contributed by atoms with E-state index in [9.17, 15) is 13.2 Å². The van der Waals surface area contributed by atoms with Gasteiger partial charge in [0.1, 0.15) is 5.82 Å². The molecule has 0 saturated carbocycles. The average Bonchev–Trinajstić information content (AvgIpc) is 2.62. The van der Waals surface area contributed by atoms with Gasteiger partial charge in [0.15, 0.2) is 0 Å². The van der Waals surface area contributed by atoms with Gasteiger partial charge in [0.25, 0.3) is 0 Å². The molecule has 0 aliphatic carbocycles. The standard InChI is InChI=1S/C19H19ClN4O3S/c1-2-22-18-8-7-14-16(24-18)10-13(11-17(14)28(21,26)27)23-19(25)9-12-5-3-4-6-15(12)20/h3-8,10-11H,2,9H2,1H3,(H,22,24)(H,23,25)(H2,21,26,27). The highest BCUT2D eigenvalue weighted by atomic mass is 35.5. The monoisotopic (exact) mass is 418 g/mol. The molecule has 4 N–H and O–H groups in total. The van der Waals surface area contributed by atoms with Crippen LogP contribution in [0.4, 0.5) is 11.5 Å². The minimum atomic E-state index is -4.01. The average molecular weight is 419 g/mol. The van der Waals surface area contributed by atoms with Crippen molar-refractivity contribution in [2.45, 2.75) is 18.2 Å². The molecule has 3 rings (SSSR count). The summed E-state index contributed by atoms with van der Waals surface area (Å²) in [6, 6.07) is 13.3. The number of primary sulfonamides is 1. The Morgan fingerprint density at radius 2 is 1.93 bits per heavy atom. The van der Waals surface area contributed by atoms with E-state index in [4.69, 9.17) is 16.7 Å². The zero-order chi connectivity index (χ0) is 20.3. The van der Waals surface area contributed by atoms with E-state index in [1.165, 1.54) is 6.07 Å². The van der Waals surface area contributed by atoms with Crippen LogP contribution in [0.25, 0.3) is 10.9 Å². The van der Waals surface area contributed by atoms with Crippen LogP contribution in [0.3, 0.4) is 0 Å². The van der Waals surface area contributed by atoms with E-state index in [0.717, 1.165) is 0 Å². The number of hydrogen-bond donors (Lipinski definition) is 3. The lowest BCUT2D eigenvalue weighted by atomic mass is 10.1. The minimum absolute atomic E-state index is 0.0489. The van der Waals surface area contributed by atoms with Crippen LogP contribution in [-0.2, 0) is 21.2 Å². The van der Waals surface area contributed by atoms with Crippen LogP contribution in [-0.4, -0.2) is 25.9 Å². The van der Waals surface area contributed by atoms with Gasteiger partial charge in [0, 0.05) is 22.6 Å². The summed E-state index contributed by atoms with van der Waals surface area (Å²) in [5, 5.41) is 12.0. The van der Waals surface area contributed by atoms with Crippen LogP contribution < -0.4 is 15.8 Å². The van der Waals surface area contributed by atoms with E-state index < -0.39 is 10.0 Å². The Balaban J connectivity index is 1.98. The SMILES string of the molecule is CCNc1ccc2c(S(N)(=O)=O)cc(NC(=O)Cc3ccccc3Cl)cc2n1.